The molecule has 0 aliphatic carbocycles. The van der Waals surface area contributed by atoms with Crippen LogP contribution in [0.3, 0.4) is 0 Å². The minimum atomic E-state index is -4.61. The lowest BCUT2D eigenvalue weighted by Crippen LogP contribution is -2.53. The van der Waals surface area contributed by atoms with Gasteiger partial charge in [-0.25, -0.2) is 0 Å². The van der Waals surface area contributed by atoms with Crippen LogP contribution >= 0.6 is 0 Å². The fourth-order valence-corrected chi connectivity index (χ4v) is 4.05. The molecule has 0 saturated heterocycles. The molecule has 0 fully saturated rings. The van der Waals surface area contributed by atoms with Crippen LogP contribution in [-0.4, -0.2) is 71.0 Å². The largest absolute Gasteiger partial charge is 0.416 e. The number of nitrogens with two attached hydrogens (primary N) is 3. The number of rotatable bonds is 12. The number of nitrogens with zero attached hydrogens (tertiary/aromatic N) is 2. The van der Waals surface area contributed by atoms with E-state index in [1.807, 2.05) is 0 Å². The summed E-state index contributed by atoms with van der Waals surface area (Å²) in [5, 5.41) is 16.6. The summed E-state index contributed by atoms with van der Waals surface area (Å²) in [6.45, 7) is 0.723. The summed E-state index contributed by atoms with van der Waals surface area (Å²) in [6, 6.07) is 9.10. The SMILES string of the molecule is NCCN(CCN)C(=O)C[C@H](N)C(=O)N[C@H](C(=O)Nc1cnc2ccccc2c1)C(O)c1ccc(C(F)(F)F)cc1. The Balaban J connectivity index is 1.83. The normalized spacial score (nSPS) is 13.7. The monoisotopic (exact) mass is 575 g/mol. The number of hydrogen-bond donors (Lipinski definition) is 6. The zero-order valence-corrected chi connectivity index (χ0v) is 22.0. The standard InChI is InChI=1S/C27H32F3N7O4/c28-27(29,30)18-7-5-16(6-8-18)24(39)23(26(41)35-19-13-17-3-1-2-4-21(17)34-15-19)36-25(40)20(33)14-22(38)37(11-9-31)12-10-32/h1-8,13,15,20,23-24,39H,9-12,14,31-33H2,(H,35,41)(H,36,40)/t20-,23-,24?/m0/s1. The summed E-state index contributed by atoms with van der Waals surface area (Å²) in [5.41, 5.74) is 16.9. The van der Waals surface area contributed by atoms with E-state index >= 15 is 0 Å². The fraction of sp³-hybridized carbons (Fsp3) is 0.333. The third-order valence-electron chi connectivity index (χ3n) is 6.22. The molecule has 0 saturated carbocycles. The topological polar surface area (TPSA) is 190 Å². The van der Waals surface area contributed by atoms with Gasteiger partial charge in [-0.15, -0.1) is 0 Å². The van der Waals surface area contributed by atoms with Crippen molar-refractivity contribution in [2.45, 2.75) is 30.8 Å². The first kappa shape index (κ1) is 31.4. The highest BCUT2D eigenvalue weighted by Crippen LogP contribution is 2.30. The molecule has 1 heterocycles. The predicted molar refractivity (Wildman–Crippen MR) is 146 cm³/mol. The first-order valence-corrected chi connectivity index (χ1v) is 12.7. The fourth-order valence-electron chi connectivity index (χ4n) is 4.05. The van der Waals surface area contributed by atoms with Gasteiger partial charge in [-0.1, -0.05) is 30.3 Å². The summed E-state index contributed by atoms with van der Waals surface area (Å²) >= 11 is 0. The zero-order valence-electron chi connectivity index (χ0n) is 22.0. The lowest BCUT2D eigenvalue weighted by Gasteiger charge is -2.26. The lowest BCUT2D eigenvalue weighted by atomic mass is 9.99. The van der Waals surface area contributed by atoms with E-state index in [4.69, 9.17) is 17.2 Å². The number of aliphatic hydroxyl groups excluding tert-OH is 1. The maximum absolute atomic E-state index is 13.3. The number of aromatic nitrogens is 1. The minimum Gasteiger partial charge on any atom is -0.386 e. The van der Waals surface area contributed by atoms with Crippen LogP contribution in [0, 0.1) is 0 Å². The van der Waals surface area contributed by atoms with Crippen LogP contribution in [0.1, 0.15) is 23.7 Å². The Labute approximate surface area is 233 Å². The Morgan fingerprint density at radius 2 is 1.61 bits per heavy atom. The molecule has 0 bridgehead atoms. The lowest BCUT2D eigenvalue weighted by molar-refractivity contribution is -0.137. The molecular weight excluding hydrogens is 543 g/mol. The van der Waals surface area contributed by atoms with Crippen molar-refractivity contribution in [1.82, 2.24) is 15.2 Å². The molecule has 0 radical (unpaired) electrons. The maximum atomic E-state index is 13.3. The van der Waals surface area contributed by atoms with E-state index in [0.29, 0.717) is 10.9 Å². The van der Waals surface area contributed by atoms with Crippen LogP contribution in [-0.2, 0) is 20.6 Å². The molecule has 1 unspecified atom stereocenters. The molecule has 220 valence electrons. The molecule has 1 aromatic heterocycles. The molecule has 11 nitrogen and oxygen atoms in total. The van der Waals surface area contributed by atoms with Crippen molar-refractivity contribution in [3.8, 4) is 0 Å². The number of anilines is 1. The quantitative estimate of drug-likeness (QED) is 0.183. The van der Waals surface area contributed by atoms with Crippen molar-refractivity contribution in [3.05, 3.63) is 71.9 Å². The average molecular weight is 576 g/mol. The number of pyridine rings is 1. The Kier molecular flexibility index (Phi) is 10.7. The number of benzene rings is 2. The van der Waals surface area contributed by atoms with Gasteiger partial charge in [-0.3, -0.25) is 19.4 Å². The maximum Gasteiger partial charge on any atom is 0.416 e. The Morgan fingerprint density at radius 3 is 2.22 bits per heavy atom. The van der Waals surface area contributed by atoms with Gasteiger partial charge in [0.25, 0.3) is 0 Å². The van der Waals surface area contributed by atoms with Crippen LogP contribution < -0.4 is 27.8 Å². The molecule has 3 atom stereocenters. The van der Waals surface area contributed by atoms with Gasteiger partial charge >= 0.3 is 6.18 Å². The van der Waals surface area contributed by atoms with Gasteiger partial charge in [-0.05, 0) is 29.8 Å². The molecule has 2 aromatic carbocycles. The Bertz CT molecular complexity index is 1350. The van der Waals surface area contributed by atoms with Gasteiger partial charge in [0.1, 0.15) is 12.1 Å². The number of hydrogen-bond acceptors (Lipinski definition) is 8. The number of nitrogens with one attached hydrogen (secondary N) is 2. The average Bonchev–Trinajstić information content (AvgIpc) is 2.94. The molecule has 41 heavy (non-hydrogen) atoms. The summed E-state index contributed by atoms with van der Waals surface area (Å²) in [7, 11) is 0. The van der Waals surface area contributed by atoms with Crippen molar-refractivity contribution in [3.63, 3.8) is 0 Å². The number of carbonyl (C=O) groups excluding carboxylic acids is 3. The summed E-state index contributed by atoms with van der Waals surface area (Å²) in [5.74, 6) is -2.33. The van der Waals surface area contributed by atoms with E-state index in [1.54, 1.807) is 30.3 Å². The van der Waals surface area contributed by atoms with Crippen LogP contribution in [0.15, 0.2) is 60.8 Å². The van der Waals surface area contributed by atoms with Gasteiger partial charge in [0.15, 0.2) is 0 Å². The third kappa shape index (κ3) is 8.44. The number of para-hydroxylation sites is 1. The molecule has 3 aromatic rings. The Hall–Kier alpha value is -4.11. The van der Waals surface area contributed by atoms with E-state index in [-0.39, 0.29) is 37.4 Å². The number of alkyl halides is 3. The minimum absolute atomic E-state index is 0.0724. The number of amides is 3. The van der Waals surface area contributed by atoms with Crippen LogP contribution in [0.4, 0.5) is 18.9 Å². The van der Waals surface area contributed by atoms with Crippen LogP contribution in [0.25, 0.3) is 10.9 Å². The van der Waals surface area contributed by atoms with E-state index in [1.165, 1.54) is 11.1 Å². The summed E-state index contributed by atoms with van der Waals surface area (Å²) in [4.78, 5) is 44.5. The van der Waals surface area contributed by atoms with Gasteiger partial charge in [-0.2, -0.15) is 13.2 Å². The van der Waals surface area contributed by atoms with E-state index in [0.717, 1.165) is 24.3 Å². The third-order valence-corrected chi connectivity index (χ3v) is 6.22. The van der Waals surface area contributed by atoms with E-state index < -0.39 is 54.1 Å². The number of fused-ring (bicyclic) bond motifs is 1. The van der Waals surface area contributed by atoms with Crippen molar-refractivity contribution in [2.24, 2.45) is 17.2 Å². The van der Waals surface area contributed by atoms with Crippen molar-refractivity contribution < 1.29 is 32.7 Å². The van der Waals surface area contributed by atoms with Gasteiger partial charge in [0.2, 0.25) is 17.7 Å². The second-order valence-electron chi connectivity index (χ2n) is 9.23. The van der Waals surface area contributed by atoms with Crippen molar-refractivity contribution >= 4 is 34.3 Å². The summed E-state index contributed by atoms with van der Waals surface area (Å²) < 4.78 is 39.1. The highest BCUT2D eigenvalue weighted by atomic mass is 19.4. The smallest absolute Gasteiger partial charge is 0.386 e. The van der Waals surface area contributed by atoms with Gasteiger partial charge in [0, 0.05) is 31.6 Å². The van der Waals surface area contributed by atoms with Crippen LogP contribution in [0.5, 0.6) is 0 Å². The highest BCUT2D eigenvalue weighted by Gasteiger charge is 2.34. The number of aliphatic hydroxyl groups is 1. The first-order chi connectivity index (χ1) is 19.4. The molecule has 3 amide bonds. The molecule has 0 aliphatic rings. The van der Waals surface area contributed by atoms with Crippen LogP contribution in [0.2, 0.25) is 0 Å². The number of carbonyl (C=O) groups is 3. The molecule has 0 aliphatic heterocycles. The highest BCUT2D eigenvalue weighted by molar-refractivity contribution is 6.00. The van der Waals surface area contributed by atoms with Crippen molar-refractivity contribution in [1.29, 1.82) is 0 Å². The van der Waals surface area contributed by atoms with Crippen molar-refractivity contribution in [2.75, 3.05) is 31.5 Å². The molecule has 0 spiro atoms. The van der Waals surface area contributed by atoms with Gasteiger partial charge < -0.3 is 37.8 Å². The number of halogens is 3. The molecular formula is C27H32F3N7O4. The van der Waals surface area contributed by atoms with E-state index in [9.17, 15) is 32.7 Å². The second-order valence-corrected chi connectivity index (χ2v) is 9.23. The first-order valence-electron chi connectivity index (χ1n) is 12.7. The Morgan fingerprint density at radius 1 is 0.976 bits per heavy atom. The predicted octanol–water partition coefficient (Wildman–Crippen LogP) is 0.874. The summed E-state index contributed by atoms with van der Waals surface area (Å²) in [6.07, 6.45) is -5.45. The molecule has 9 N–H and O–H groups in total. The second kappa shape index (κ2) is 14.0. The van der Waals surface area contributed by atoms with Gasteiger partial charge in [0.05, 0.1) is 35.4 Å². The van der Waals surface area contributed by atoms with E-state index in [2.05, 4.69) is 15.6 Å². The zero-order chi connectivity index (χ0) is 30.2. The molecule has 3 rings (SSSR count). The molecule has 14 heteroatoms.